The van der Waals surface area contributed by atoms with Gasteiger partial charge in [0, 0.05) is 0 Å². The fourth-order valence-electron chi connectivity index (χ4n) is 0.770. The monoisotopic (exact) mass is 182 g/mol. The van der Waals surface area contributed by atoms with Gasteiger partial charge in [-0.2, -0.15) is 12.6 Å². The van der Waals surface area contributed by atoms with Crippen LogP contribution in [0, 0.1) is 6.92 Å². The second-order valence-electron chi connectivity index (χ2n) is 2.45. The quantitative estimate of drug-likeness (QED) is 0.429. The van der Waals surface area contributed by atoms with Crippen molar-refractivity contribution >= 4 is 18.6 Å². The van der Waals surface area contributed by atoms with E-state index in [2.05, 4.69) is 12.6 Å². The number of carbonyl (C=O) groups is 1. The van der Waals surface area contributed by atoms with Crippen molar-refractivity contribution in [1.29, 1.82) is 0 Å². The molecule has 0 atom stereocenters. The van der Waals surface area contributed by atoms with Crippen molar-refractivity contribution in [2.75, 3.05) is 5.75 Å². The normalized spacial score (nSPS) is 9.50. The van der Waals surface area contributed by atoms with E-state index < -0.39 is 0 Å². The topological polar surface area (TPSA) is 26.3 Å². The predicted molar refractivity (Wildman–Crippen MR) is 50.7 cm³/mol. The summed E-state index contributed by atoms with van der Waals surface area (Å²) >= 11 is 3.79. The van der Waals surface area contributed by atoms with Gasteiger partial charge in [0.1, 0.15) is 5.75 Å². The van der Waals surface area contributed by atoms with Crippen LogP contribution in [0.25, 0.3) is 0 Å². The molecule has 0 aromatic heterocycles. The molecule has 12 heavy (non-hydrogen) atoms. The number of rotatable bonds is 2. The average Bonchev–Trinajstić information content (AvgIpc) is 2.09. The standard InChI is InChI=1S/C9H10O2S/c1-7-2-4-8(5-3-7)11-9(10)6-12/h2-5,12H,6H2,1H3. The molecular formula is C9H10O2S. The van der Waals surface area contributed by atoms with Crippen molar-refractivity contribution < 1.29 is 9.53 Å². The van der Waals surface area contributed by atoms with Crippen LogP contribution in [-0.4, -0.2) is 11.7 Å². The maximum atomic E-state index is 10.8. The Balaban J connectivity index is 2.64. The van der Waals surface area contributed by atoms with E-state index in [9.17, 15) is 4.79 Å². The summed E-state index contributed by atoms with van der Waals surface area (Å²) in [5, 5.41) is 0. The molecule has 0 spiro atoms. The van der Waals surface area contributed by atoms with Crippen molar-refractivity contribution in [3.8, 4) is 5.75 Å². The summed E-state index contributed by atoms with van der Waals surface area (Å²) in [5.74, 6) is 0.343. The summed E-state index contributed by atoms with van der Waals surface area (Å²) in [4.78, 5) is 10.8. The van der Waals surface area contributed by atoms with E-state index in [1.807, 2.05) is 19.1 Å². The molecule has 0 fully saturated rings. The average molecular weight is 182 g/mol. The van der Waals surface area contributed by atoms with Crippen LogP contribution in [0.5, 0.6) is 5.75 Å². The number of benzene rings is 1. The molecule has 0 N–H and O–H groups in total. The zero-order chi connectivity index (χ0) is 8.97. The van der Waals surface area contributed by atoms with Crippen molar-refractivity contribution in [3.05, 3.63) is 29.8 Å². The smallest absolute Gasteiger partial charge is 0.321 e. The third kappa shape index (κ3) is 2.58. The van der Waals surface area contributed by atoms with Gasteiger partial charge in [0.05, 0.1) is 5.75 Å². The Bertz CT molecular complexity index is 266. The van der Waals surface area contributed by atoms with Crippen LogP contribution in [-0.2, 0) is 4.79 Å². The lowest BCUT2D eigenvalue weighted by molar-refractivity contribution is -0.131. The largest absolute Gasteiger partial charge is 0.426 e. The Hall–Kier alpha value is -0.960. The van der Waals surface area contributed by atoms with Gasteiger partial charge in [0.15, 0.2) is 0 Å². The first-order chi connectivity index (χ1) is 5.72. The lowest BCUT2D eigenvalue weighted by atomic mass is 10.2. The Morgan fingerprint density at radius 1 is 1.42 bits per heavy atom. The Kier molecular flexibility index (Phi) is 3.17. The molecule has 0 radical (unpaired) electrons. The first kappa shape index (κ1) is 9.13. The molecule has 1 aromatic rings. The summed E-state index contributed by atoms with van der Waals surface area (Å²) < 4.78 is 4.90. The minimum Gasteiger partial charge on any atom is -0.426 e. The van der Waals surface area contributed by atoms with Crippen LogP contribution in [0.4, 0.5) is 0 Å². The Morgan fingerprint density at radius 3 is 2.50 bits per heavy atom. The molecule has 0 aliphatic rings. The first-order valence-corrected chi connectivity index (χ1v) is 4.24. The third-order valence-corrected chi connectivity index (χ3v) is 1.64. The molecular weight excluding hydrogens is 172 g/mol. The van der Waals surface area contributed by atoms with Gasteiger partial charge in [-0.1, -0.05) is 17.7 Å². The maximum absolute atomic E-state index is 10.8. The fourth-order valence-corrected chi connectivity index (χ4v) is 0.835. The molecule has 0 saturated carbocycles. The van der Waals surface area contributed by atoms with Crippen LogP contribution in [0.3, 0.4) is 0 Å². The molecule has 1 rings (SSSR count). The SMILES string of the molecule is Cc1ccc(OC(=O)CS)cc1. The van der Waals surface area contributed by atoms with E-state index in [0.717, 1.165) is 5.56 Å². The lowest BCUT2D eigenvalue weighted by Gasteiger charge is -2.01. The van der Waals surface area contributed by atoms with E-state index in [0.29, 0.717) is 5.75 Å². The highest BCUT2D eigenvalue weighted by atomic mass is 32.1. The zero-order valence-electron chi connectivity index (χ0n) is 6.78. The molecule has 1 aromatic carbocycles. The van der Waals surface area contributed by atoms with Gasteiger partial charge in [-0.25, -0.2) is 0 Å². The number of esters is 1. The van der Waals surface area contributed by atoms with Gasteiger partial charge in [-0.3, -0.25) is 4.79 Å². The van der Waals surface area contributed by atoms with Crippen LogP contribution >= 0.6 is 12.6 Å². The van der Waals surface area contributed by atoms with E-state index >= 15 is 0 Å². The first-order valence-electron chi connectivity index (χ1n) is 3.60. The maximum Gasteiger partial charge on any atom is 0.321 e. The number of ether oxygens (including phenoxy) is 1. The summed E-state index contributed by atoms with van der Waals surface area (Å²) in [6, 6.07) is 7.30. The molecule has 0 amide bonds. The second kappa shape index (κ2) is 4.16. The molecule has 0 unspecified atom stereocenters. The molecule has 3 heteroatoms. The van der Waals surface area contributed by atoms with Gasteiger partial charge in [-0.15, -0.1) is 0 Å². The van der Waals surface area contributed by atoms with Crippen molar-refractivity contribution in [1.82, 2.24) is 0 Å². The van der Waals surface area contributed by atoms with Crippen molar-refractivity contribution in [3.63, 3.8) is 0 Å². The van der Waals surface area contributed by atoms with Gasteiger partial charge < -0.3 is 4.74 Å². The highest BCUT2D eigenvalue weighted by molar-refractivity contribution is 7.81. The van der Waals surface area contributed by atoms with Gasteiger partial charge in [0.2, 0.25) is 0 Å². The number of aryl methyl sites for hydroxylation is 1. The molecule has 0 heterocycles. The second-order valence-corrected chi connectivity index (χ2v) is 2.76. The van der Waals surface area contributed by atoms with Gasteiger partial charge in [-0.05, 0) is 19.1 Å². The van der Waals surface area contributed by atoms with E-state index in [4.69, 9.17) is 4.74 Å². The Morgan fingerprint density at radius 2 is 2.00 bits per heavy atom. The lowest BCUT2D eigenvalue weighted by Crippen LogP contribution is -2.08. The van der Waals surface area contributed by atoms with Crippen molar-refractivity contribution in [2.45, 2.75) is 6.92 Å². The molecule has 64 valence electrons. The molecule has 0 bridgehead atoms. The minimum atomic E-state index is -0.331. The summed E-state index contributed by atoms with van der Waals surface area (Å²) in [7, 11) is 0. The van der Waals surface area contributed by atoms with Crippen LogP contribution in [0.15, 0.2) is 24.3 Å². The number of hydrogen-bond donors (Lipinski definition) is 1. The van der Waals surface area contributed by atoms with Crippen LogP contribution < -0.4 is 4.74 Å². The van der Waals surface area contributed by atoms with Crippen LogP contribution in [0.1, 0.15) is 5.56 Å². The molecule has 0 aliphatic heterocycles. The van der Waals surface area contributed by atoms with Gasteiger partial charge in [0.25, 0.3) is 0 Å². The number of carbonyl (C=O) groups excluding carboxylic acids is 1. The third-order valence-electron chi connectivity index (χ3n) is 1.38. The number of thiol groups is 1. The summed E-state index contributed by atoms with van der Waals surface area (Å²) in [5.41, 5.74) is 1.14. The van der Waals surface area contributed by atoms with E-state index in [-0.39, 0.29) is 11.7 Å². The minimum absolute atomic E-state index is 0.105. The highest BCUT2D eigenvalue weighted by Crippen LogP contribution is 2.11. The summed E-state index contributed by atoms with van der Waals surface area (Å²) in [6.07, 6.45) is 0. The van der Waals surface area contributed by atoms with Crippen LogP contribution in [0.2, 0.25) is 0 Å². The molecule has 2 nitrogen and oxygen atoms in total. The Labute approximate surface area is 77.0 Å². The number of hydrogen-bond acceptors (Lipinski definition) is 3. The van der Waals surface area contributed by atoms with E-state index in [1.165, 1.54) is 0 Å². The predicted octanol–water partition coefficient (Wildman–Crippen LogP) is 1.83. The highest BCUT2D eigenvalue weighted by Gasteiger charge is 1.99. The summed E-state index contributed by atoms with van der Waals surface area (Å²) in [6.45, 7) is 1.98. The molecule has 0 saturated heterocycles. The van der Waals surface area contributed by atoms with E-state index in [1.54, 1.807) is 12.1 Å². The van der Waals surface area contributed by atoms with Gasteiger partial charge >= 0.3 is 5.97 Å². The fraction of sp³-hybridized carbons (Fsp3) is 0.222. The molecule has 0 aliphatic carbocycles. The van der Waals surface area contributed by atoms with Crippen molar-refractivity contribution in [2.24, 2.45) is 0 Å². The zero-order valence-corrected chi connectivity index (χ0v) is 7.67.